The van der Waals surface area contributed by atoms with Crippen LogP contribution >= 0.6 is 11.3 Å². The minimum absolute atomic E-state index is 0.0129. The Labute approximate surface area is 155 Å². The van der Waals surface area contributed by atoms with Gasteiger partial charge < -0.3 is 5.73 Å². The van der Waals surface area contributed by atoms with Gasteiger partial charge >= 0.3 is 12.4 Å². The summed E-state index contributed by atoms with van der Waals surface area (Å²) < 4.78 is 79.5. The van der Waals surface area contributed by atoms with Crippen molar-refractivity contribution in [1.29, 1.82) is 0 Å². The molecule has 3 aromatic heterocycles. The van der Waals surface area contributed by atoms with Crippen LogP contribution in [-0.2, 0) is 18.9 Å². The number of nitrogens with two attached hydrogens (primary N) is 1. The van der Waals surface area contributed by atoms with Crippen molar-refractivity contribution in [2.75, 3.05) is 0 Å². The lowest BCUT2D eigenvalue weighted by molar-refractivity contribution is -0.144. The van der Waals surface area contributed by atoms with E-state index in [1.165, 1.54) is 6.92 Å². The molecule has 0 saturated heterocycles. The number of carbonyl (C=O) groups is 1. The van der Waals surface area contributed by atoms with Gasteiger partial charge in [-0.25, -0.2) is 9.38 Å². The van der Waals surface area contributed by atoms with Crippen LogP contribution in [0.4, 0.5) is 26.3 Å². The lowest BCUT2D eigenvalue weighted by Crippen LogP contribution is -2.25. The lowest BCUT2D eigenvalue weighted by Gasteiger charge is -2.10. The predicted molar refractivity (Wildman–Crippen MR) is 83.9 cm³/mol. The summed E-state index contributed by atoms with van der Waals surface area (Å²) in [6.07, 6.45) is -9.70. The molecule has 2 N–H and O–H groups in total. The average molecular weight is 425 g/mol. The van der Waals surface area contributed by atoms with Crippen molar-refractivity contribution < 1.29 is 31.1 Å². The first-order chi connectivity index (χ1) is 12.8. The molecule has 0 bridgehead atoms. The Hall–Kier alpha value is -2.90. The normalized spacial score (nSPS) is 12.7. The van der Waals surface area contributed by atoms with Gasteiger partial charge in [-0.15, -0.1) is 0 Å². The number of amides is 1. The fourth-order valence-electron chi connectivity index (χ4n) is 2.56. The zero-order valence-corrected chi connectivity index (χ0v) is 14.5. The van der Waals surface area contributed by atoms with Crippen LogP contribution < -0.4 is 11.3 Å². The molecule has 150 valence electrons. The van der Waals surface area contributed by atoms with E-state index in [1.54, 1.807) is 0 Å². The van der Waals surface area contributed by atoms with Gasteiger partial charge in [0.25, 0.3) is 11.5 Å². The lowest BCUT2D eigenvalue weighted by atomic mass is 10.3. The SMILES string of the molecule is Cc1cc(C(F)(F)F)n(Cc2cc(=O)n3c(C(N)=O)c(C(F)(F)F)sc3n2)n1. The summed E-state index contributed by atoms with van der Waals surface area (Å²) in [6, 6.07) is 1.51. The smallest absolute Gasteiger partial charge is 0.364 e. The van der Waals surface area contributed by atoms with E-state index >= 15 is 0 Å². The minimum Gasteiger partial charge on any atom is -0.364 e. The highest BCUT2D eigenvalue weighted by Crippen LogP contribution is 2.37. The van der Waals surface area contributed by atoms with Crippen LogP contribution in [0.3, 0.4) is 0 Å². The molecule has 0 spiro atoms. The van der Waals surface area contributed by atoms with E-state index in [2.05, 4.69) is 10.1 Å². The number of primary amides is 1. The number of nitrogens with zero attached hydrogens (tertiary/aromatic N) is 4. The molecule has 0 aliphatic heterocycles. The molecule has 0 radical (unpaired) electrons. The van der Waals surface area contributed by atoms with Crippen molar-refractivity contribution in [3.8, 4) is 0 Å². The molecule has 0 unspecified atom stereocenters. The third-order valence-corrected chi connectivity index (χ3v) is 4.65. The monoisotopic (exact) mass is 425 g/mol. The molecule has 7 nitrogen and oxygen atoms in total. The summed E-state index contributed by atoms with van der Waals surface area (Å²) in [4.78, 5) is 25.5. The molecule has 3 aromatic rings. The van der Waals surface area contributed by atoms with Crippen molar-refractivity contribution in [3.05, 3.63) is 50.1 Å². The first kappa shape index (κ1) is 19.9. The minimum atomic E-state index is -4.97. The Morgan fingerprint density at radius 1 is 1.18 bits per heavy atom. The first-order valence-electron chi connectivity index (χ1n) is 7.33. The van der Waals surface area contributed by atoms with Crippen LogP contribution in [0.25, 0.3) is 4.96 Å². The van der Waals surface area contributed by atoms with E-state index in [0.717, 1.165) is 12.1 Å². The van der Waals surface area contributed by atoms with Crippen LogP contribution in [0.5, 0.6) is 0 Å². The number of fused-ring (bicyclic) bond motifs is 1. The number of rotatable bonds is 3. The highest BCUT2D eigenvalue weighted by molar-refractivity contribution is 7.17. The number of thiazole rings is 1. The van der Waals surface area contributed by atoms with E-state index in [4.69, 9.17) is 5.73 Å². The number of alkyl halides is 6. The van der Waals surface area contributed by atoms with E-state index in [1.807, 2.05) is 0 Å². The Kier molecular flexibility index (Phi) is 4.48. The second kappa shape index (κ2) is 6.32. The van der Waals surface area contributed by atoms with E-state index in [9.17, 15) is 35.9 Å². The van der Waals surface area contributed by atoms with Crippen LogP contribution in [0, 0.1) is 6.92 Å². The van der Waals surface area contributed by atoms with Gasteiger partial charge in [-0.05, 0) is 13.0 Å². The maximum atomic E-state index is 13.1. The Morgan fingerprint density at radius 2 is 1.82 bits per heavy atom. The maximum Gasteiger partial charge on any atom is 0.433 e. The first-order valence-corrected chi connectivity index (χ1v) is 8.15. The molecule has 0 fully saturated rings. The van der Waals surface area contributed by atoms with Crippen molar-refractivity contribution >= 4 is 22.2 Å². The van der Waals surface area contributed by atoms with Crippen molar-refractivity contribution in [3.63, 3.8) is 0 Å². The zero-order chi connectivity index (χ0) is 21.0. The Bertz CT molecular complexity index is 1140. The molecule has 0 aromatic carbocycles. The van der Waals surface area contributed by atoms with Crippen LogP contribution in [0.15, 0.2) is 16.9 Å². The summed E-state index contributed by atoms with van der Waals surface area (Å²) in [5.74, 6) is -1.49. The number of halogens is 6. The summed E-state index contributed by atoms with van der Waals surface area (Å²) in [6.45, 7) is 0.713. The van der Waals surface area contributed by atoms with Crippen molar-refractivity contribution in [2.24, 2.45) is 5.73 Å². The maximum absolute atomic E-state index is 13.1. The molecule has 14 heteroatoms. The van der Waals surface area contributed by atoms with Crippen LogP contribution in [0.1, 0.15) is 32.4 Å². The van der Waals surface area contributed by atoms with Gasteiger partial charge in [0.2, 0.25) is 0 Å². The molecule has 0 aliphatic carbocycles. The van der Waals surface area contributed by atoms with Gasteiger partial charge in [0.05, 0.1) is 17.9 Å². The van der Waals surface area contributed by atoms with Gasteiger partial charge in [0.15, 0.2) is 4.96 Å². The average Bonchev–Trinajstić information content (AvgIpc) is 3.07. The standard InChI is InChI=1S/C14H9F6N5O2S/c1-5-2-7(13(15,16)17)24(23-5)4-6-3-8(26)25-9(11(21)27)10(14(18,19)20)28-12(25)22-6/h2-3H,4H2,1H3,(H2,21,27). The number of aromatic nitrogens is 4. The van der Waals surface area contributed by atoms with Crippen LogP contribution in [0.2, 0.25) is 0 Å². The van der Waals surface area contributed by atoms with E-state index < -0.39 is 51.6 Å². The third-order valence-electron chi connectivity index (χ3n) is 3.57. The fourth-order valence-corrected chi connectivity index (χ4v) is 3.59. The highest BCUT2D eigenvalue weighted by Gasteiger charge is 2.40. The summed E-state index contributed by atoms with van der Waals surface area (Å²) in [7, 11) is 0. The topological polar surface area (TPSA) is 95.3 Å². The summed E-state index contributed by atoms with van der Waals surface area (Å²) in [5, 5.41) is 3.67. The molecule has 3 heterocycles. The molecule has 28 heavy (non-hydrogen) atoms. The van der Waals surface area contributed by atoms with Gasteiger partial charge in [-0.1, -0.05) is 11.3 Å². The molecule has 0 aliphatic rings. The van der Waals surface area contributed by atoms with Gasteiger partial charge in [-0.3, -0.25) is 14.3 Å². The number of aryl methyl sites for hydroxylation is 1. The van der Waals surface area contributed by atoms with Crippen molar-refractivity contribution in [2.45, 2.75) is 25.8 Å². The van der Waals surface area contributed by atoms with Gasteiger partial charge in [-0.2, -0.15) is 31.4 Å². The number of carbonyl (C=O) groups excluding carboxylic acids is 1. The van der Waals surface area contributed by atoms with Crippen molar-refractivity contribution in [1.82, 2.24) is 19.2 Å². The number of hydrogen-bond acceptors (Lipinski definition) is 5. The molecule has 3 rings (SSSR count). The second-order valence-corrected chi connectivity index (χ2v) is 6.65. The highest BCUT2D eigenvalue weighted by atomic mass is 32.1. The van der Waals surface area contributed by atoms with Crippen LogP contribution in [-0.4, -0.2) is 25.1 Å². The molecule has 1 amide bonds. The summed E-state index contributed by atoms with van der Waals surface area (Å²) >= 11 is -0.0129. The fraction of sp³-hybridized carbons (Fsp3) is 0.286. The Balaban J connectivity index is 2.17. The predicted octanol–water partition coefficient (Wildman–Crippen LogP) is 2.45. The molecule has 0 atom stereocenters. The quantitative estimate of drug-likeness (QED) is 0.653. The summed E-state index contributed by atoms with van der Waals surface area (Å²) in [5.41, 5.74) is 1.49. The third kappa shape index (κ3) is 3.46. The second-order valence-electron chi connectivity index (χ2n) is 5.67. The molecular weight excluding hydrogens is 416 g/mol. The van der Waals surface area contributed by atoms with E-state index in [0.29, 0.717) is 9.08 Å². The number of hydrogen-bond donors (Lipinski definition) is 1. The largest absolute Gasteiger partial charge is 0.433 e. The van der Waals surface area contributed by atoms with Gasteiger partial charge in [0, 0.05) is 6.07 Å². The molecule has 0 saturated carbocycles. The zero-order valence-electron chi connectivity index (χ0n) is 13.7. The Morgan fingerprint density at radius 3 is 2.36 bits per heavy atom. The molecular formula is C14H9F6N5O2S. The van der Waals surface area contributed by atoms with E-state index in [-0.39, 0.29) is 22.7 Å². The van der Waals surface area contributed by atoms with Gasteiger partial charge in [0.1, 0.15) is 16.3 Å².